The zero-order valence-corrected chi connectivity index (χ0v) is 38.5. The number of anilines is 3. The fourth-order valence-electron chi connectivity index (χ4n) is 10.7. The molecule has 0 aliphatic carbocycles. The van der Waals surface area contributed by atoms with Gasteiger partial charge in [0, 0.05) is 33.5 Å². The number of rotatable bonds is 9. The van der Waals surface area contributed by atoms with Gasteiger partial charge in [-0.3, -0.25) is 0 Å². The molecular formula is C68H46N2. The van der Waals surface area contributed by atoms with Crippen LogP contribution in [0.5, 0.6) is 0 Å². The van der Waals surface area contributed by atoms with Crippen molar-refractivity contribution in [3.8, 4) is 61.3 Å². The zero-order valence-electron chi connectivity index (χ0n) is 38.5. The third-order valence-electron chi connectivity index (χ3n) is 14.0. The summed E-state index contributed by atoms with van der Waals surface area (Å²) in [6, 6.07) is 102. The number of hydrogen-bond acceptors (Lipinski definition) is 1. The van der Waals surface area contributed by atoms with E-state index in [4.69, 9.17) is 0 Å². The predicted octanol–water partition coefficient (Wildman–Crippen LogP) is 18.9. The SMILES string of the molecule is c1ccc(-c2ccccc2-c2ccccc2-c2cccc(N(c3ccc(-c4ccc5c6ccccc6n(-c6ccccc6)c5c4)cc3)c3ccc(-c4cccc5c4ccc4ccccc45)cc3)c2)cc1. The van der Waals surface area contributed by atoms with Crippen LogP contribution >= 0.6 is 0 Å². The van der Waals surface area contributed by atoms with Gasteiger partial charge < -0.3 is 9.47 Å². The molecule has 0 bridgehead atoms. The highest BCUT2D eigenvalue weighted by atomic mass is 15.1. The van der Waals surface area contributed by atoms with E-state index in [1.807, 2.05) is 0 Å². The van der Waals surface area contributed by atoms with E-state index >= 15 is 0 Å². The Bertz CT molecular complexity index is 4040. The molecule has 328 valence electrons. The third kappa shape index (κ3) is 7.22. The Morgan fingerprint density at radius 3 is 1.47 bits per heavy atom. The van der Waals surface area contributed by atoms with Gasteiger partial charge in [0.15, 0.2) is 0 Å². The standard InChI is InChI=1S/C68H46N2/c1-3-17-48(18-4-1)57-25-9-11-27-61(57)62-28-12-10-26-60(62)52-20-15-23-56(45-52)69(55-41-35-50(36-42-55)59-30-16-31-63-58-24-8-7-19-49(58)37-43-64(59)63)54-39-33-47(34-40-54)51-38-44-66-65-29-13-14-32-67(65)70(68(66)46-51)53-21-5-2-6-22-53/h1-46H. The molecule has 0 radical (unpaired) electrons. The van der Waals surface area contributed by atoms with Crippen molar-refractivity contribution in [1.82, 2.24) is 4.57 Å². The van der Waals surface area contributed by atoms with E-state index in [1.54, 1.807) is 0 Å². The van der Waals surface area contributed by atoms with E-state index in [1.165, 1.54) is 87.9 Å². The number of aromatic nitrogens is 1. The molecule has 13 rings (SSSR count). The summed E-state index contributed by atoms with van der Waals surface area (Å²) in [6.45, 7) is 0. The Kier molecular flexibility index (Phi) is 10.2. The largest absolute Gasteiger partial charge is 0.310 e. The van der Waals surface area contributed by atoms with Crippen LogP contribution < -0.4 is 4.90 Å². The Hall–Kier alpha value is -9.24. The van der Waals surface area contributed by atoms with Crippen molar-refractivity contribution >= 4 is 60.4 Å². The number of para-hydroxylation sites is 2. The lowest BCUT2D eigenvalue weighted by Gasteiger charge is -2.27. The van der Waals surface area contributed by atoms with Gasteiger partial charge in [-0.05, 0) is 138 Å². The molecule has 0 saturated heterocycles. The molecule has 1 aromatic heterocycles. The van der Waals surface area contributed by atoms with Crippen molar-refractivity contribution in [2.24, 2.45) is 0 Å². The number of fused-ring (bicyclic) bond motifs is 6. The molecule has 2 heteroatoms. The van der Waals surface area contributed by atoms with Crippen molar-refractivity contribution in [2.45, 2.75) is 0 Å². The minimum Gasteiger partial charge on any atom is -0.310 e. The molecule has 70 heavy (non-hydrogen) atoms. The van der Waals surface area contributed by atoms with Crippen LogP contribution in [0.3, 0.4) is 0 Å². The van der Waals surface area contributed by atoms with Crippen molar-refractivity contribution < 1.29 is 0 Å². The van der Waals surface area contributed by atoms with Gasteiger partial charge in [-0.25, -0.2) is 0 Å². The fraction of sp³-hybridized carbons (Fsp3) is 0. The Morgan fingerprint density at radius 1 is 0.229 bits per heavy atom. The van der Waals surface area contributed by atoms with Crippen molar-refractivity contribution in [3.63, 3.8) is 0 Å². The average Bonchev–Trinajstić information content (AvgIpc) is 3.77. The fourth-order valence-corrected chi connectivity index (χ4v) is 10.7. The highest BCUT2D eigenvalue weighted by molar-refractivity contribution is 6.12. The maximum Gasteiger partial charge on any atom is 0.0547 e. The summed E-state index contributed by atoms with van der Waals surface area (Å²) in [5, 5.41) is 7.55. The van der Waals surface area contributed by atoms with Crippen LogP contribution in [0.2, 0.25) is 0 Å². The Labute approximate surface area is 408 Å². The molecule has 13 aromatic rings. The van der Waals surface area contributed by atoms with E-state index in [0.717, 1.165) is 33.9 Å². The molecule has 0 unspecified atom stereocenters. The maximum atomic E-state index is 2.39. The van der Waals surface area contributed by atoms with Crippen LogP contribution in [-0.2, 0) is 0 Å². The summed E-state index contributed by atoms with van der Waals surface area (Å²) in [4.78, 5) is 2.39. The third-order valence-corrected chi connectivity index (χ3v) is 14.0. The molecule has 0 amide bonds. The van der Waals surface area contributed by atoms with Gasteiger partial charge in [0.2, 0.25) is 0 Å². The maximum absolute atomic E-state index is 2.39. The molecular weight excluding hydrogens is 845 g/mol. The van der Waals surface area contributed by atoms with Crippen LogP contribution in [0.1, 0.15) is 0 Å². The monoisotopic (exact) mass is 890 g/mol. The van der Waals surface area contributed by atoms with E-state index in [0.29, 0.717) is 0 Å². The summed E-state index contributed by atoms with van der Waals surface area (Å²) >= 11 is 0. The molecule has 1 heterocycles. The summed E-state index contributed by atoms with van der Waals surface area (Å²) < 4.78 is 2.39. The first-order valence-corrected chi connectivity index (χ1v) is 24.1. The zero-order chi connectivity index (χ0) is 46.4. The molecule has 0 N–H and O–H groups in total. The molecule has 0 aliphatic rings. The van der Waals surface area contributed by atoms with Crippen molar-refractivity contribution in [1.29, 1.82) is 0 Å². The molecule has 0 saturated carbocycles. The lowest BCUT2D eigenvalue weighted by Crippen LogP contribution is -2.10. The summed E-state index contributed by atoms with van der Waals surface area (Å²) in [7, 11) is 0. The minimum atomic E-state index is 1.08. The van der Waals surface area contributed by atoms with Crippen LogP contribution in [0, 0.1) is 0 Å². The first-order chi connectivity index (χ1) is 34.7. The van der Waals surface area contributed by atoms with Gasteiger partial charge in [-0.2, -0.15) is 0 Å². The van der Waals surface area contributed by atoms with Crippen LogP contribution in [0.4, 0.5) is 17.1 Å². The van der Waals surface area contributed by atoms with E-state index in [9.17, 15) is 0 Å². The van der Waals surface area contributed by atoms with Crippen molar-refractivity contribution in [3.05, 3.63) is 279 Å². The minimum absolute atomic E-state index is 1.08. The molecule has 2 nitrogen and oxygen atoms in total. The average molecular weight is 891 g/mol. The highest BCUT2D eigenvalue weighted by Gasteiger charge is 2.19. The quantitative estimate of drug-likeness (QED) is 0.131. The molecule has 0 atom stereocenters. The predicted molar refractivity (Wildman–Crippen MR) is 298 cm³/mol. The van der Waals surface area contributed by atoms with Crippen LogP contribution in [-0.4, -0.2) is 4.57 Å². The van der Waals surface area contributed by atoms with E-state index in [2.05, 4.69) is 289 Å². The van der Waals surface area contributed by atoms with E-state index in [-0.39, 0.29) is 0 Å². The molecule has 0 aliphatic heterocycles. The molecule has 12 aromatic carbocycles. The van der Waals surface area contributed by atoms with Gasteiger partial charge in [0.05, 0.1) is 11.0 Å². The second kappa shape index (κ2) is 17.4. The van der Waals surface area contributed by atoms with E-state index < -0.39 is 0 Å². The van der Waals surface area contributed by atoms with Gasteiger partial charge in [0.25, 0.3) is 0 Å². The summed E-state index contributed by atoms with van der Waals surface area (Å²) in [6.07, 6.45) is 0. The lowest BCUT2D eigenvalue weighted by molar-refractivity contribution is 1.18. The number of nitrogens with zero attached hydrogens (tertiary/aromatic N) is 2. The molecule has 0 spiro atoms. The summed E-state index contributed by atoms with van der Waals surface area (Å²) in [5.74, 6) is 0. The Balaban J connectivity index is 0.926. The van der Waals surface area contributed by atoms with Crippen LogP contribution in [0.15, 0.2) is 279 Å². The van der Waals surface area contributed by atoms with Gasteiger partial charge >= 0.3 is 0 Å². The number of benzene rings is 12. The topological polar surface area (TPSA) is 8.17 Å². The van der Waals surface area contributed by atoms with Crippen molar-refractivity contribution in [2.75, 3.05) is 4.90 Å². The lowest BCUT2D eigenvalue weighted by atomic mass is 9.89. The second-order valence-electron chi connectivity index (χ2n) is 18.0. The molecule has 0 fully saturated rings. The van der Waals surface area contributed by atoms with Gasteiger partial charge in [0.1, 0.15) is 0 Å². The van der Waals surface area contributed by atoms with Crippen LogP contribution in [0.25, 0.3) is 105 Å². The number of hydrogen-bond donors (Lipinski definition) is 0. The summed E-state index contributed by atoms with van der Waals surface area (Å²) in [5.41, 5.74) is 18.7. The smallest absolute Gasteiger partial charge is 0.0547 e. The first-order valence-electron chi connectivity index (χ1n) is 24.1. The second-order valence-corrected chi connectivity index (χ2v) is 18.0. The Morgan fingerprint density at radius 2 is 0.729 bits per heavy atom. The van der Waals surface area contributed by atoms with Gasteiger partial charge in [-0.15, -0.1) is 0 Å². The van der Waals surface area contributed by atoms with Gasteiger partial charge in [-0.1, -0.05) is 218 Å². The highest BCUT2D eigenvalue weighted by Crippen LogP contribution is 2.43. The normalized spacial score (nSPS) is 11.4. The first kappa shape index (κ1) is 41.0.